The number of halogens is 3. The van der Waals surface area contributed by atoms with Crippen molar-refractivity contribution in [2.75, 3.05) is 0 Å². The second-order valence-electron chi connectivity index (χ2n) is 6.59. The first-order valence-corrected chi connectivity index (χ1v) is 7.17. The van der Waals surface area contributed by atoms with E-state index >= 15 is 0 Å². The lowest BCUT2D eigenvalue weighted by Crippen LogP contribution is -2.41. The third kappa shape index (κ3) is 3.23. The Morgan fingerprint density at radius 1 is 1.13 bits per heavy atom. The van der Waals surface area contributed by atoms with Crippen molar-refractivity contribution < 1.29 is 32.4 Å². The van der Waals surface area contributed by atoms with Crippen LogP contribution in [0, 0.1) is 17.5 Å². The van der Waals surface area contributed by atoms with Gasteiger partial charge >= 0.3 is 13.1 Å². The molecule has 1 atom stereocenters. The van der Waals surface area contributed by atoms with Gasteiger partial charge in [-0.25, -0.2) is 13.2 Å². The van der Waals surface area contributed by atoms with Crippen LogP contribution >= 0.6 is 0 Å². The van der Waals surface area contributed by atoms with Crippen LogP contribution in [0.2, 0.25) is 0 Å². The Morgan fingerprint density at radius 3 is 2.09 bits per heavy atom. The Bertz CT molecular complexity index is 617. The van der Waals surface area contributed by atoms with Crippen LogP contribution in [-0.4, -0.2) is 29.4 Å². The van der Waals surface area contributed by atoms with Gasteiger partial charge in [-0.1, -0.05) is 0 Å². The number of carboxylic acids is 1. The lowest BCUT2D eigenvalue weighted by Gasteiger charge is -2.32. The summed E-state index contributed by atoms with van der Waals surface area (Å²) in [5.41, 5.74) is -2.30. The zero-order valence-electron chi connectivity index (χ0n) is 13.3. The van der Waals surface area contributed by atoms with E-state index in [2.05, 4.69) is 0 Å². The minimum absolute atomic E-state index is 0.649. The highest BCUT2D eigenvalue weighted by atomic mass is 19.2. The number of carboxylic acid groups (broad SMARTS) is 1. The van der Waals surface area contributed by atoms with E-state index in [9.17, 15) is 18.0 Å². The molecule has 2 rings (SSSR count). The van der Waals surface area contributed by atoms with Gasteiger partial charge in [0.2, 0.25) is 0 Å². The molecule has 0 radical (unpaired) electrons. The van der Waals surface area contributed by atoms with E-state index in [1.807, 2.05) is 0 Å². The third-order valence-corrected chi connectivity index (χ3v) is 4.44. The first-order valence-electron chi connectivity index (χ1n) is 7.17. The van der Waals surface area contributed by atoms with E-state index < -0.39 is 59.5 Å². The van der Waals surface area contributed by atoms with Crippen LogP contribution in [-0.2, 0) is 14.1 Å². The molecule has 0 aliphatic carbocycles. The van der Waals surface area contributed by atoms with E-state index in [-0.39, 0.29) is 0 Å². The maximum Gasteiger partial charge on any atom is 0.466 e. The van der Waals surface area contributed by atoms with Gasteiger partial charge in [-0.15, -0.1) is 0 Å². The Balaban J connectivity index is 2.48. The molecule has 0 amide bonds. The van der Waals surface area contributed by atoms with Gasteiger partial charge < -0.3 is 14.4 Å². The van der Waals surface area contributed by atoms with E-state index in [0.717, 1.165) is 6.07 Å². The molecule has 0 aromatic heterocycles. The molecule has 8 heteroatoms. The number of aliphatic carboxylic acids is 1. The summed E-state index contributed by atoms with van der Waals surface area (Å²) < 4.78 is 53.0. The van der Waals surface area contributed by atoms with E-state index in [1.165, 1.54) is 0 Å². The molecule has 1 fully saturated rings. The molecular weight excluding hydrogens is 312 g/mol. The molecular formula is C15H18BF3O4. The van der Waals surface area contributed by atoms with E-state index in [4.69, 9.17) is 14.4 Å². The first kappa shape index (κ1) is 17.8. The van der Waals surface area contributed by atoms with Crippen molar-refractivity contribution >= 4 is 13.1 Å². The minimum atomic E-state index is -1.43. The number of carbonyl (C=O) groups is 1. The Hall–Kier alpha value is -1.54. The highest BCUT2D eigenvalue weighted by Gasteiger charge is 2.55. The van der Waals surface area contributed by atoms with Crippen molar-refractivity contribution in [3.05, 3.63) is 35.1 Å². The van der Waals surface area contributed by atoms with Crippen LogP contribution in [0.15, 0.2) is 12.1 Å². The molecule has 23 heavy (non-hydrogen) atoms. The summed E-state index contributed by atoms with van der Waals surface area (Å²) in [4.78, 5) is 11.1. The second kappa shape index (κ2) is 5.83. The summed E-state index contributed by atoms with van der Waals surface area (Å²) in [6.07, 6.45) is -0.659. The van der Waals surface area contributed by atoms with Gasteiger partial charge in [0.15, 0.2) is 11.6 Å². The van der Waals surface area contributed by atoms with Crippen LogP contribution in [0.1, 0.15) is 45.5 Å². The Morgan fingerprint density at radius 2 is 1.61 bits per heavy atom. The molecule has 0 bridgehead atoms. The molecule has 1 heterocycles. The van der Waals surface area contributed by atoms with Crippen molar-refractivity contribution in [2.45, 2.75) is 51.1 Å². The highest BCUT2D eigenvalue weighted by Crippen LogP contribution is 2.42. The fourth-order valence-electron chi connectivity index (χ4n) is 2.46. The van der Waals surface area contributed by atoms with Gasteiger partial charge in [0.1, 0.15) is 5.82 Å². The van der Waals surface area contributed by atoms with Crippen LogP contribution in [0.25, 0.3) is 0 Å². The summed E-state index contributed by atoms with van der Waals surface area (Å²) in [5, 5.41) is 9.07. The average molecular weight is 330 g/mol. The number of hydrogen-bond donors (Lipinski definition) is 1. The molecule has 1 N–H and O–H groups in total. The number of rotatable bonds is 4. The van der Waals surface area contributed by atoms with Crippen LogP contribution in [0.4, 0.5) is 13.2 Å². The molecule has 126 valence electrons. The summed E-state index contributed by atoms with van der Waals surface area (Å²) in [6.45, 7) is 6.90. The molecule has 0 spiro atoms. The fraction of sp³-hybridized carbons (Fsp3) is 0.533. The lowest BCUT2D eigenvalue weighted by atomic mass is 9.66. The van der Waals surface area contributed by atoms with E-state index in [1.54, 1.807) is 27.7 Å². The second-order valence-corrected chi connectivity index (χ2v) is 6.59. The minimum Gasteiger partial charge on any atom is -0.481 e. The maximum atomic E-state index is 14.1. The molecule has 1 aliphatic rings. The molecule has 1 saturated heterocycles. The van der Waals surface area contributed by atoms with Gasteiger partial charge in [0, 0.05) is 11.4 Å². The van der Waals surface area contributed by atoms with Crippen molar-refractivity contribution in [1.29, 1.82) is 0 Å². The molecule has 1 aromatic carbocycles. The average Bonchev–Trinajstić information content (AvgIpc) is 2.61. The van der Waals surface area contributed by atoms with Gasteiger partial charge in [0.25, 0.3) is 0 Å². The smallest absolute Gasteiger partial charge is 0.466 e. The first-order chi connectivity index (χ1) is 10.5. The van der Waals surface area contributed by atoms with Gasteiger partial charge in [-0.05, 0) is 39.8 Å². The normalized spacial score (nSPS) is 20.6. The lowest BCUT2D eigenvalue weighted by molar-refractivity contribution is -0.137. The Kier molecular flexibility index (Phi) is 4.52. The molecule has 4 nitrogen and oxygen atoms in total. The zero-order chi connectivity index (χ0) is 17.6. The van der Waals surface area contributed by atoms with Gasteiger partial charge in [-0.2, -0.15) is 0 Å². The standard InChI is InChI=1S/C15H18BF3O4/c1-14(2)15(3,4)23-16(22-14)8(7-11(20)21)12-9(17)5-6-10(18)13(12)19/h5-6,8H,7H2,1-4H3,(H,20,21). The zero-order valence-corrected chi connectivity index (χ0v) is 13.3. The summed E-state index contributed by atoms with van der Waals surface area (Å²) >= 11 is 0. The predicted molar refractivity (Wildman–Crippen MR) is 77.4 cm³/mol. The third-order valence-electron chi connectivity index (χ3n) is 4.44. The van der Waals surface area contributed by atoms with E-state index in [0.29, 0.717) is 6.07 Å². The summed E-state index contributed by atoms with van der Waals surface area (Å²) in [5.74, 6) is -6.33. The van der Waals surface area contributed by atoms with Crippen molar-refractivity contribution in [3.63, 3.8) is 0 Å². The van der Waals surface area contributed by atoms with Gasteiger partial charge in [-0.3, -0.25) is 4.79 Å². The van der Waals surface area contributed by atoms with Crippen LogP contribution < -0.4 is 0 Å². The van der Waals surface area contributed by atoms with Crippen LogP contribution in [0.3, 0.4) is 0 Å². The van der Waals surface area contributed by atoms with Crippen LogP contribution in [0.5, 0.6) is 0 Å². The predicted octanol–water partition coefficient (Wildman–Crippen LogP) is 3.29. The molecule has 0 saturated carbocycles. The van der Waals surface area contributed by atoms with Gasteiger partial charge in [0.05, 0.1) is 17.6 Å². The molecule has 1 unspecified atom stereocenters. The topological polar surface area (TPSA) is 55.8 Å². The summed E-state index contributed by atoms with van der Waals surface area (Å²) in [6, 6.07) is 1.41. The molecule has 1 aromatic rings. The fourth-order valence-corrected chi connectivity index (χ4v) is 2.46. The SMILES string of the molecule is CC1(C)OB(C(CC(=O)O)c2c(F)ccc(F)c2F)OC1(C)C. The number of benzene rings is 1. The number of hydrogen-bond acceptors (Lipinski definition) is 3. The van der Waals surface area contributed by atoms with Crippen molar-refractivity contribution in [1.82, 2.24) is 0 Å². The van der Waals surface area contributed by atoms with Crippen molar-refractivity contribution in [3.8, 4) is 0 Å². The maximum absolute atomic E-state index is 14.1. The Labute approximate surface area is 132 Å². The summed E-state index contributed by atoms with van der Waals surface area (Å²) in [7, 11) is -1.21. The molecule has 1 aliphatic heterocycles. The van der Waals surface area contributed by atoms with Crippen molar-refractivity contribution in [2.24, 2.45) is 0 Å². The quantitative estimate of drug-likeness (QED) is 0.680. The monoisotopic (exact) mass is 330 g/mol. The highest BCUT2D eigenvalue weighted by molar-refractivity contribution is 6.48. The largest absolute Gasteiger partial charge is 0.481 e.